The summed E-state index contributed by atoms with van der Waals surface area (Å²) in [4.78, 5) is 17.3. The number of benzene rings is 1. The first-order valence-electron chi connectivity index (χ1n) is 8.97. The Labute approximate surface area is 162 Å². The van der Waals surface area contributed by atoms with Crippen molar-refractivity contribution < 1.29 is 9.53 Å². The number of pyridine rings is 1. The normalized spacial score (nSPS) is 11.0. The number of hydrogen-bond donors (Lipinski definition) is 1. The van der Waals surface area contributed by atoms with Gasteiger partial charge in [0.1, 0.15) is 12.3 Å². The third-order valence-electron chi connectivity index (χ3n) is 4.51. The van der Waals surface area contributed by atoms with Gasteiger partial charge in [-0.1, -0.05) is 6.07 Å². The first kappa shape index (κ1) is 17.8. The molecule has 0 fully saturated rings. The van der Waals surface area contributed by atoms with Crippen molar-refractivity contribution in [2.75, 3.05) is 12.4 Å². The van der Waals surface area contributed by atoms with Gasteiger partial charge in [-0.15, -0.1) is 0 Å². The van der Waals surface area contributed by atoms with Crippen molar-refractivity contribution >= 4 is 22.6 Å². The van der Waals surface area contributed by atoms with E-state index in [-0.39, 0.29) is 12.5 Å². The Kier molecular flexibility index (Phi) is 4.57. The Bertz CT molecular complexity index is 1150. The smallest absolute Gasteiger partial charge is 0.246 e. The number of rotatable bonds is 5. The van der Waals surface area contributed by atoms with Gasteiger partial charge in [-0.25, -0.2) is 9.67 Å². The summed E-state index contributed by atoms with van der Waals surface area (Å²) in [5, 5.41) is 8.51. The molecule has 0 bridgehead atoms. The molecule has 1 N–H and O–H groups in total. The van der Waals surface area contributed by atoms with Crippen LogP contribution in [0.2, 0.25) is 0 Å². The van der Waals surface area contributed by atoms with Gasteiger partial charge in [0, 0.05) is 29.8 Å². The van der Waals surface area contributed by atoms with Crippen molar-refractivity contribution in [2.24, 2.45) is 0 Å². The van der Waals surface area contributed by atoms with Crippen molar-refractivity contribution in [2.45, 2.75) is 20.4 Å². The molecule has 0 atom stereocenters. The van der Waals surface area contributed by atoms with Crippen molar-refractivity contribution in [3.63, 3.8) is 0 Å². The number of methoxy groups -OCH3 is 1. The number of hydrogen-bond acceptors (Lipinski definition) is 4. The zero-order valence-corrected chi connectivity index (χ0v) is 16.0. The minimum Gasteiger partial charge on any atom is -0.497 e. The topological polar surface area (TPSA) is 74.0 Å². The minimum atomic E-state index is -0.183. The summed E-state index contributed by atoms with van der Waals surface area (Å²) in [7, 11) is 1.59. The van der Waals surface area contributed by atoms with Crippen LogP contribution in [0.25, 0.3) is 16.9 Å². The first-order valence-corrected chi connectivity index (χ1v) is 8.97. The molecule has 0 aliphatic heterocycles. The number of carbonyl (C=O) groups is 1. The number of aryl methyl sites for hydroxylation is 2. The van der Waals surface area contributed by atoms with Crippen LogP contribution in [-0.2, 0) is 11.3 Å². The zero-order valence-electron chi connectivity index (χ0n) is 16.0. The average Bonchev–Trinajstić information content (AvgIpc) is 3.30. The summed E-state index contributed by atoms with van der Waals surface area (Å²) in [6, 6.07) is 13.2. The van der Waals surface area contributed by atoms with E-state index in [0.29, 0.717) is 17.1 Å². The van der Waals surface area contributed by atoms with E-state index in [9.17, 15) is 4.79 Å². The molecule has 4 rings (SSSR count). The SMILES string of the molecule is COc1cccc(NC(=O)Cn2nc(-n3cccc3)c3c(C)cc(C)nc32)c1. The second-order valence-electron chi connectivity index (χ2n) is 6.63. The molecule has 0 unspecified atom stereocenters. The molecule has 0 radical (unpaired) electrons. The van der Waals surface area contributed by atoms with Gasteiger partial charge in [-0.3, -0.25) is 4.79 Å². The highest BCUT2D eigenvalue weighted by atomic mass is 16.5. The van der Waals surface area contributed by atoms with E-state index in [4.69, 9.17) is 4.74 Å². The number of nitrogens with zero attached hydrogens (tertiary/aromatic N) is 4. The van der Waals surface area contributed by atoms with E-state index >= 15 is 0 Å². The summed E-state index contributed by atoms with van der Waals surface area (Å²) in [6.07, 6.45) is 3.86. The maximum atomic E-state index is 12.6. The van der Waals surface area contributed by atoms with Gasteiger partial charge in [0.05, 0.1) is 12.5 Å². The number of fused-ring (bicyclic) bond motifs is 1. The quantitative estimate of drug-likeness (QED) is 0.579. The molecule has 3 heterocycles. The Hall–Kier alpha value is -3.61. The molecular formula is C21H21N5O2. The number of anilines is 1. The molecule has 142 valence electrons. The van der Waals surface area contributed by atoms with Crippen LogP contribution in [0.4, 0.5) is 5.69 Å². The molecule has 0 saturated heterocycles. The predicted octanol–water partition coefficient (Wildman–Crippen LogP) is 3.49. The van der Waals surface area contributed by atoms with E-state index in [2.05, 4.69) is 15.4 Å². The molecule has 28 heavy (non-hydrogen) atoms. The van der Waals surface area contributed by atoms with Crippen LogP contribution < -0.4 is 10.1 Å². The molecular weight excluding hydrogens is 354 g/mol. The van der Waals surface area contributed by atoms with Crippen LogP contribution in [-0.4, -0.2) is 32.3 Å². The van der Waals surface area contributed by atoms with Gasteiger partial charge in [-0.2, -0.15) is 5.10 Å². The van der Waals surface area contributed by atoms with E-state index < -0.39 is 0 Å². The lowest BCUT2D eigenvalue weighted by atomic mass is 10.2. The highest BCUT2D eigenvalue weighted by molar-refractivity contribution is 5.93. The number of amides is 1. The fourth-order valence-electron chi connectivity index (χ4n) is 3.30. The molecule has 1 aromatic carbocycles. The lowest BCUT2D eigenvalue weighted by Crippen LogP contribution is -2.20. The fourth-order valence-corrected chi connectivity index (χ4v) is 3.30. The lowest BCUT2D eigenvalue weighted by Gasteiger charge is -2.08. The summed E-state index contributed by atoms with van der Waals surface area (Å²) < 4.78 is 8.79. The molecule has 3 aromatic heterocycles. The van der Waals surface area contributed by atoms with E-state index in [1.807, 2.05) is 67.2 Å². The number of nitrogens with one attached hydrogen (secondary N) is 1. The summed E-state index contributed by atoms with van der Waals surface area (Å²) >= 11 is 0. The number of ether oxygens (including phenoxy) is 1. The van der Waals surface area contributed by atoms with Crippen LogP contribution in [0.1, 0.15) is 11.3 Å². The Morgan fingerprint density at radius 3 is 2.68 bits per heavy atom. The van der Waals surface area contributed by atoms with E-state index in [0.717, 1.165) is 22.5 Å². The van der Waals surface area contributed by atoms with Crippen LogP contribution >= 0.6 is 0 Å². The van der Waals surface area contributed by atoms with Gasteiger partial charge in [-0.05, 0) is 49.7 Å². The van der Waals surface area contributed by atoms with Crippen LogP contribution in [0, 0.1) is 13.8 Å². The molecule has 7 heteroatoms. The molecule has 1 amide bonds. The Balaban J connectivity index is 1.69. The summed E-state index contributed by atoms with van der Waals surface area (Å²) in [6.45, 7) is 4.03. The van der Waals surface area contributed by atoms with Crippen molar-refractivity contribution in [1.29, 1.82) is 0 Å². The Morgan fingerprint density at radius 2 is 1.93 bits per heavy atom. The van der Waals surface area contributed by atoms with Crippen LogP contribution in [0.5, 0.6) is 5.75 Å². The standard InChI is InChI=1S/C21H21N5O2/c1-14-11-15(2)22-20-19(14)21(25-9-4-5-10-25)24-26(20)13-18(27)23-16-7-6-8-17(12-16)28-3/h4-12H,13H2,1-3H3,(H,23,27). The molecule has 0 saturated carbocycles. The van der Waals surface area contributed by atoms with Gasteiger partial charge in [0.15, 0.2) is 11.5 Å². The lowest BCUT2D eigenvalue weighted by molar-refractivity contribution is -0.116. The third-order valence-corrected chi connectivity index (χ3v) is 4.51. The van der Waals surface area contributed by atoms with Crippen molar-refractivity contribution in [3.8, 4) is 11.6 Å². The average molecular weight is 375 g/mol. The van der Waals surface area contributed by atoms with Gasteiger partial charge in [0.25, 0.3) is 0 Å². The first-order chi connectivity index (χ1) is 13.5. The fraction of sp³-hybridized carbons (Fsp3) is 0.190. The van der Waals surface area contributed by atoms with Gasteiger partial charge < -0.3 is 14.6 Å². The monoisotopic (exact) mass is 375 g/mol. The van der Waals surface area contributed by atoms with Gasteiger partial charge >= 0.3 is 0 Å². The molecule has 0 aliphatic carbocycles. The second kappa shape index (κ2) is 7.19. The van der Waals surface area contributed by atoms with Gasteiger partial charge in [0.2, 0.25) is 5.91 Å². The number of aromatic nitrogens is 4. The Morgan fingerprint density at radius 1 is 1.14 bits per heavy atom. The highest BCUT2D eigenvalue weighted by Crippen LogP contribution is 2.25. The minimum absolute atomic E-state index is 0.0604. The van der Waals surface area contributed by atoms with Crippen LogP contribution in [0.15, 0.2) is 54.9 Å². The van der Waals surface area contributed by atoms with Crippen molar-refractivity contribution in [1.82, 2.24) is 19.3 Å². The third kappa shape index (κ3) is 3.34. The van der Waals surface area contributed by atoms with Crippen molar-refractivity contribution in [3.05, 3.63) is 66.1 Å². The molecule has 4 aromatic rings. The van der Waals surface area contributed by atoms with E-state index in [1.54, 1.807) is 17.9 Å². The molecule has 0 spiro atoms. The largest absolute Gasteiger partial charge is 0.497 e. The second-order valence-corrected chi connectivity index (χ2v) is 6.63. The maximum absolute atomic E-state index is 12.6. The predicted molar refractivity (Wildman–Crippen MR) is 108 cm³/mol. The zero-order chi connectivity index (χ0) is 19.7. The summed E-state index contributed by atoms with van der Waals surface area (Å²) in [5.74, 6) is 1.27. The molecule has 0 aliphatic rings. The summed E-state index contributed by atoms with van der Waals surface area (Å²) in [5.41, 5.74) is 3.33. The molecule has 7 nitrogen and oxygen atoms in total. The highest BCUT2D eigenvalue weighted by Gasteiger charge is 2.18. The number of carbonyl (C=O) groups excluding carboxylic acids is 1. The van der Waals surface area contributed by atoms with E-state index in [1.165, 1.54) is 0 Å². The maximum Gasteiger partial charge on any atom is 0.246 e. The van der Waals surface area contributed by atoms with Crippen LogP contribution in [0.3, 0.4) is 0 Å².